The van der Waals surface area contributed by atoms with Gasteiger partial charge >= 0.3 is 5.97 Å². The lowest BCUT2D eigenvalue weighted by molar-refractivity contribution is -0.146. The normalized spacial score (nSPS) is 12.9. The Morgan fingerprint density at radius 2 is 2.19 bits per heavy atom. The molecule has 0 fully saturated rings. The third-order valence-corrected chi connectivity index (χ3v) is 2.82. The molecule has 1 atom stereocenters. The molecule has 4 nitrogen and oxygen atoms in total. The number of fused-ring (bicyclic) bond motifs is 1. The lowest BCUT2D eigenvalue weighted by Crippen LogP contribution is -2.10. The molecule has 2 rings (SSSR count). The zero-order valence-corrected chi connectivity index (χ0v) is 9.27. The summed E-state index contributed by atoms with van der Waals surface area (Å²) in [6.45, 7) is 0. The van der Waals surface area contributed by atoms with Crippen LogP contribution < -0.4 is 0 Å². The van der Waals surface area contributed by atoms with Gasteiger partial charge in [0.05, 0.1) is 5.02 Å². The van der Waals surface area contributed by atoms with E-state index < -0.39 is 12.1 Å². The molecule has 0 spiro atoms. The van der Waals surface area contributed by atoms with Gasteiger partial charge in [-0.05, 0) is 11.6 Å². The van der Waals surface area contributed by atoms with E-state index in [-0.39, 0.29) is 0 Å². The first-order valence-electron chi connectivity index (χ1n) is 4.66. The van der Waals surface area contributed by atoms with E-state index in [1.165, 1.54) is 0 Å². The fourth-order valence-corrected chi connectivity index (χ4v) is 1.97. The second kappa shape index (κ2) is 3.81. The third-order valence-electron chi connectivity index (χ3n) is 2.52. The number of aryl methyl sites for hydroxylation is 1. The van der Waals surface area contributed by atoms with Crippen molar-refractivity contribution in [2.24, 2.45) is 7.05 Å². The lowest BCUT2D eigenvalue weighted by Gasteiger charge is -2.06. The summed E-state index contributed by atoms with van der Waals surface area (Å²) in [4.78, 5) is 10.6. The maximum absolute atomic E-state index is 10.6. The van der Waals surface area contributed by atoms with Crippen molar-refractivity contribution in [1.82, 2.24) is 4.57 Å². The molecule has 16 heavy (non-hydrogen) atoms. The molecule has 0 saturated carbocycles. The highest BCUT2D eigenvalue weighted by Gasteiger charge is 2.17. The molecule has 84 valence electrons. The third kappa shape index (κ3) is 1.66. The lowest BCUT2D eigenvalue weighted by atomic mass is 10.1. The summed E-state index contributed by atoms with van der Waals surface area (Å²) in [6, 6.07) is 4.89. The number of carboxylic acid groups (broad SMARTS) is 1. The average Bonchev–Trinajstić information content (AvgIpc) is 2.53. The first kappa shape index (κ1) is 11.0. The van der Waals surface area contributed by atoms with Gasteiger partial charge in [-0.25, -0.2) is 4.79 Å². The summed E-state index contributed by atoms with van der Waals surface area (Å²) in [6.07, 6.45) is 0.237. The molecule has 2 N–H and O–H groups in total. The van der Waals surface area contributed by atoms with Crippen LogP contribution in [0.3, 0.4) is 0 Å². The van der Waals surface area contributed by atoms with Crippen molar-refractivity contribution in [2.45, 2.75) is 6.10 Å². The van der Waals surface area contributed by atoms with Crippen molar-refractivity contribution in [3.05, 3.63) is 35.0 Å². The molecule has 0 amide bonds. The van der Waals surface area contributed by atoms with Crippen LogP contribution in [0.2, 0.25) is 5.02 Å². The molecule has 1 aromatic heterocycles. The van der Waals surface area contributed by atoms with Crippen LogP contribution in [0.25, 0.3) is 10.9 Å². The Hall–Kier alpha value is -1.52. The predicted molar refractivity (Wildman–Crippen MR) is 60.5 cm³/mol. The van der Waals surface area contributed by atoms with Gasteiger partial charge < -0.3 is 14.8 Å². The summed E-state index contributed by atoms with van der Waals surface area (Å²) in [5, 5.41) is 19.6. The van der Waals surface area contributed by atoms with E-state index in [1.807, 2.05) is 7.05 Å². The quantitative estimate of drug-likeness (QED) is 0.842. The number of carbonyl (C=O) groups is 1. The van der Waals surface area contributed by atoms with Crippen LogP contribution in [0.4, 0.5) is 0 Å². The van der Waals surface area contributed by atoms with Crippen molar-refractivity contribution in [3.8, 4) is 0 Å². The minimum Gasteiger partial charge on any atom is -0.479 e. The highest BCUT2D eigenvalue weighted by Crippen LogP contribution is 2.27. The number of hydrogen-bond donors (Lipinski definition) is 2. The van der Waals surface area contributed by atoms with Gasteiger partial charge in [-0.2, -0.15) is 0 Å². The zero-order valence-electron chi connectivity index (χ0n) is 8.51. The number of nitrogens with zero attached hydrogens (tertiary/aromatic N) is 1. The van der Waals surface area contributed by atoms with Gasteiger partial charge in [0.15, 0.2) is 6.10 Å². The predicted octanol–water partition coefficient (Wildman–Crippen LogP) is 1.95. The van der Waals surface area contributed by atoms with E-state index in [0.717, 1.165) is 10.9 Å². The van der Waals surface area contributed by atoms with Gasteiger partial charge in [0.1, 0.15) is 0 Å². The molecule has 1 aromatic carbocycles. The summed E-state index contributed by atoms with van der Waals surface area (Å²) in [5.41, 5.74) is 1.14. The van der Waals surface area contributed by atoms with Gasteiger partial charge in [-0.15, -0.1) is 0 Å². The van der Waals surface area contributed by atoms with Crippen LogP contribution in [0.1, 0.15) is 11.7 Å². The number of aliphatic hydroxyl groups is 1. The average molecular weight is 240 g/mol. The largest absolute Gasteiger partial charge is 0.479 e. The number of aliphatic carboxylic acids is 1. The molecule has 0 aliphatic rings. The molecular formula is C11H10ClNO3. The molecule has 0 bridgehead atoms. The summed E-state index contributed by atoms with van der Waals surface area (Å²) >= 11 is 5.97. The monoisotopic (exact) mass is 239 g/mol. The minimum absolute atomic E-state index is 0.345. The fourth-order valence-electron chi connectivity index (χ4n) is 1.66. The van der Waals surface area contributed by atoms with E-state index in [0.29, 0.717) is 10.6 Å². The second-order valence-corrected chi connectivity index (χ2v) is 4.01. The molecule has 2 aromatic rings. The maximum Gasteiger partial charge on any atom is 0.337 e. The molecule has 1 heterocycles. The number of carboxylic acids is 1. The highest BCUT2D eigenvalue weighted by atomic mass is 35.5. The van der Waals surface area contributed by atoms with Crippen LogP contribution in [-0.2, 0) is 11.8 Å². The Bertz CT molecular complexity index is 562. The fraction of sp³-hybridized carbons (Fsp3) is 0.182. The van der Waals surface area contributed by atoms with Crippen molar-refractivity contribution in [1.29, 1.82) is 0 Å². The Balaban J connectivity index is 2.60. The number of aromatic nitrogens is 1. The first-order valence-corrected chi connectivity index (χ1v) is 5.04. The minimum atomic E-state index is -1.50. The van der Waals surface area contributed by atoms with Gasteiger partial charge in [0, 0.05) is 24.1 Å². The molecule has 1 unspecified atom stereocenters. The molecule has 0 saturated heterocycles. The van der Waals surface area contributed by atoms with Crippen molar-refractivity contribution < 1.29 is 15.0 Å². The maximum atomic E-state index is 10.6. The topological polar surface area (TPSA) is 62.5 Å². The van der Waals surface area contributed by atoms with Crippen LogP contribution in [-0.4, -0.2) is 20.7 Å². The summed E-state index contributed by atoms with van der Waals surface area (Å²) in [7, 11) is 1.81. The van der Waals surface area contributed by atoms with E-state index in [2.05, 4.69) is 0 Å². The van der Waals surface area contributed by atoms with Gasteiger partial charge in [-0.1, -0.05) is 23.7 Å². The molecule has 0 aliphatic heterocycles. The SMILES string of the molecule is Cn1cc(Cl)c2ccc(C(O)C(=O)O)cc21. The van der Waals surface area contributed by atoms with Crippen LogP contribution >= 0.6 is 11.6 Å². The summed E-state index contributed by atoms with van der Waals surface area (Å²) < 4.78 is 1.79. The number of rotatable bonds is 2. The van der Waals surface area contributed by atoms with Crippen molar-refractivity contribution in [3.63, 3.8) is 0 Å². The zero-order chi connectivity index (χ0) is 11.9. The van der Waals surface area contributed by atoms with Gasteiger partial charge in [0.25, 0.3) is 0 Å². The standard InChI is InChI=1S/C11H10ClNO3/c1-13-5-8(12)7-3-2-6(4-9(7)13)10(14)11(15)16/h2-5,10,14H,1H3,(H,15,16). The molecule has 5 heteroatoms. The number of hydrogen-bond acceptors (Lipinski definition) is 2. The Kier molecular flexibility index (Phi) is 2.61. The highest BCUT2D eigenvalue weighted by molar-refractivity contribution is 6.35. The Morgan fingerprint density at radius 1 is 1.50 bits per heavy atom. The summed E-state index contributed by atoms with van der Waals surface area (Å²) in [5.74, 6) is -1.26. The van der Waals surface area contributed by atoms with Crippen LogP contribution in [0.5, 0.6) is 0 Å². The Labute approximate surface area is 96.7 Å². The van der Waals surface area contributed by atoms with Crippen molar-refractivity contribution >= 4 is 28.5 Å². The van der Waals surface area contributed by atoms with Gasteiger partial charge in [0.2, 0.25) is 0 Å². The number of aliphatic hydroxyl groups excluding tert-OH is 1. The number of halogens is 1. The second-order valence-electron chi connectivity index (χ2n) is 3.61. The van der Waals surface area contributed by atoms with Crippen molar-refractivity contribution in [2.75, 3.05) is 0 Å². The van der Waals surface area contributed by atoms with Crippen LogP contribution in [0.15, 0.2) is 24.4 Å². The number of benzene rings is 1. The molecule has 0 radical (unpaired) electrons. The molecule has 0 aliphatic carbocycles. The van der Waals surface area contributed by atoms with E-state index in [4.69, 9.17) is 16.7 Å². The smallest absolute Gasteiger partial charge is 0.337 e. The van der Waals surface area contributed by atoms with E-state index >= 15 is 0 Å². The Morgan fingerprint density at radius 3 is 2.81 bits per heavy atom. The van der Waals surface area contributed by atoms with Gasteiger partial charge in [-0.3, -0.25) is 0 Å². The molecular weight excluding hydrogens is 230 g/mol. The first-order chi connectivity index (χ1) is 7.50. The van der Waals surface area contributed by atoms with Crippen LogP contribution in [0, 0.1) is 0 Å². The van der Waals surface area contributed by atoms with E-state index in [9.17, 15) is 9.90 Å². The van der Waals surface area contributed by atoms with E-state index in [1.54, 1.807) is 29.0 Å².